The molecule has 0 aliphatic carbocycles. The largest absolute Gasteiger partial charge is 0.294 e. The van der Waals surface area contributed by atoms with Crippen molar-refractivity contribution in [3.05, 3.63) is 73.1 Å². The molecule has 2 radical (unpaired) electrons. The van der Waals surface area contributed by atoms with Crippen LogP contribution in [-0.4, -0.2) is 105 Å². The van der Waals surface area contributed by atoms with Crippen LogP contribution in [0.25, 0.3) is 33.9 Å². The second kappa shape index (κ2) is 11.4. The fraction of sp³-hybridized carbons (Fsp3) is 0. The average molecular weight is 516 g/mol. The molecule has 14 heteroatoms. The van der Waals surface area contributed by atoms with Crippen molar-refractivity contribution < 1.29 is 25.9 Å². The van der Waals surface area contributed by atoms with Gasteiger partial charge in [-0.25, -0.2) is 4.98 Å². The van der Waals surface area contributed by atoms with Crippen molar-refractivity contribution in [2.45, 2.75) is 9.79 Å². The molecule has 0 saturated carbocycles. The van der Waals surface area contributed by atoms with Crippen LogP contribution in [0.1, 0.15) is 0 Å². The molecule has 0 aliphatic heterocycles. The summed E-state index contributed by atoms with van der Waals surface area (Å²) in [7, 11) is -8.55. The second-order valence-electron chi connectivity index (χ2n) is 6.60. The van der Waals surface area contributed by atoms with Crippen LogP contribution >= 0.6 is 0 Å². The van der Waals surface area contributed by atoms with Gasteiger partial charge in [-0.1, -0.05) is 30.3 Å². The number of hydrogen-bond donors (Lipinski definition) is 2. The first-order valence-electron chi connectivity index (χ1n) is 8.93. The van der Waals surface area contributed by atoms with Crippen LogP contribution in [0.3, 0.4) is 0 Å². The Labute approximate surface area is 240 Å². The third-order valence-corrected chi connectivity index (χ3v) is 6.22. The van der Waals surface area contributed by atoms with E-state index in [0.717, 1.165) is 0 Å². The molecule has 0 saturated heterocycles. The minimum atomic E-state index is -4.29. The van der Waals surface area contributed by atoms with Crippen molar-refractivity contribution in [1.82, 2.24) is 20.2 Å². The SMILES string of the molecule is O=S(=O)(O)c1ccc(-c2ccc(-c3nncc(-c4ccc(S(=O)(=O)O)cc4)n3)nc2)cc1.[Na].[Na]. The van der Waals surface area contributed by atoms with Crippen LogP contribution in [0, 0.1) is 0 Å². The number of rotatable bonds is 5. The fourth-order valence-corrected chi connectivity index (χ4v) is 3.83. The second-order valence-corrected chi connectivity index (χ2v) is 9.44. The molecule has 0 atom stereocenters. The maximum absolute atomic E-state index is 11.2. The standard InChI is InChI=1S/C20H14N4O6S2.2Na/c25-31(26,27)16-6-1-13(2-7-16)15-5-10-18(21-11-15)20-23-19(12-22-24-20)14-3-8-17(9-4-14)32(28,29)30;;/h1-12H,(H,25,26,27)(H,28,29,30);;. The van der Waals surface area contributed by atoms with Crippen molar-refractivity contribution in [3.8, 4) is 33.9 Å². The van der Waals surface area contributed by atoms with Gasteiger partial charge in [-0.3, -0.25) is 14.1 Å². The molecule has 164 valence electrons. The number of benzene rings is 2. The summed E-state index contributed by atoms with van der Waals surface area (Å²) in [5.41, 5.74) is 2.85. The van der Waals surface area contributed by atoms with Gasteiger partial charge in [-0.15, -0.1) is 5.10 Å². The van der Waals surface area contributed by atoms with E-state index in [9.17, 15) is 16.8 Å². The first-order chi connectivity index (χ1) is 15.1. The summed E-state index contributed by atoms with van der Waals surface area (Å²) in [5.74, 6) is 0.245. The summed E-state index contributed by atoms with van der Waals surface area (Å²) < 4.78 is 62.8. The Balaban J connectivity index is 0.00000204. The first kappa shape index (κ1) is 28.7. The van der Waals surface area contributed by atoms with E-state index in [1.165, 1.54) is 42.6 Å². The molecule has 4 rings (SSSR count). The van der Waals surface area contributed by atoms with Gasteiger partial charge in [0.15, 0.2) is 0 Å². The summed E-state index contributed by atoms with van der Waals surface area (Å²) in [4.78, 5) is 8.30. The normalized spacial score (nSPS) is 11.2. The van der Waals surface area contributed by atoms with Crippen LogP contribution in [0.15, 0.2) is 82.8 Å². The Kier molecular flexibility index (Phi) is 9.64. The molecular formula is C20H14N4Na2O6S2. The van der Waals surface area contributed by atoms with Crippen molar-refractivity contribution in [1.29, 1.82) is 0 Å². The summed E-state index contributed by atoms with van der Waals surface area (Å²) in [6.07, 6.45) is 2.98. The van der Waals surface area contributed by atoms with E-state index in [2.05, 4.69) is 20.2 Å². The van der Waals surface area contributed by atoms with Crippen LogP contribution in [0.2, 0.25) is 0 Å². The van der Waals surface area contributed by atoms with Gasteiger partial charge in [-0.05, 0) is 35.9 Å². The number of aromatic nitrogens is 4. The Morgan fingerprint density at radius 3 is 1.56 bits per heavy atom. The molecule has 2 aromatic heterocycles. The van der Waals surface area contributed by atoms with Crippen LogP contribution in [0.4, 0.5) is 0 Å². The van der Waals surface area contributed by atoms with Gasteiger partial charge in [-0.2, -0.15) is 21.9 Å². The van der Waals surface area contributed by atoms with Crippen molar-refractivity contribution in [3.63, 3.8) is 0 Å². The summed E-state index contributed by atoms with van der Waals surface area (Å²) in [5, 5.41) is 7.90. The van der Waals surface area contributed by atoms with E-state index in [0.29, 0.717) is 28.1 Å². The smallest absolute Gasteiger partial charge is 0.282 e. The van der Waals surface area contributed by atoms with Gasteiger partial charge in [0.1, 0.15) is 5.69 Å². The topological polar surface area (TPSA) is 160 Å². The van der Waals surface area contributed by atoms with E-state index in [4.69, 9.17) is 9.11 Å². The predicted molar refractivity (Wildman–Crippen MR) is 125 cm³/mol. The van der Waals surface area contributed by atoms with Gasteiger partial charge < -0.3 is 0 Å². The van der Waals surface area contributed by atoms with E-state index >= 15 is 0 Å². The zero-order valence-corrected chi connectivity index (χ0v) is 23.7. The van der Waals surface area contributed by atoms with E-state index in [-0.39, 0.29) is 74.7 Å². The quantitative estimate of drug-likeness (QED) is 0.297. The third-order valence-electron chi connectivity index (χ3n) is 4.48. The van der Waals surface area contributed by atoms with Crippen molar-refractivity contribution in [2.24, 2.45) is 0 Å². The Morgan fingerprint density at radius 1 is 0.588 bits per heavy atom. The molecular weight excluding hydrogens is 502 g/mol. The van der Waals surface area contributed by atoms with Gasteiger partial charge in [0, 0.05) is 76.4 Å². The molecule has 0 spiro atoms. The summed E-state index contributed by atoms with van der Waals surface area (Å²) in [6.45, 7) is 0. The van der Waals surface area contributed by atoms with E-state index in [1.54, 1.807) is 30.5 Å². The summed E-state index contributed by atoms with van der Waals surface area (Å²) >= 11 is 0. The summed E-state index contributed by atoms with van der Waals surface area (Å²) in [6, 6.07) is 14.6. The minimum absolute atomic E-state index is 0. The molecule has 34 heavy (non-hydrogen) atoms. The number of nitrogens with zero attached hydrogens (tertiary/aromatic N) is 4. The molecule has 2 heterocycles. The Morgan fingerprint density at radius 2 is 1.09 bits per heavy atom. The monoisotopic (exact) mass is 516 g/mol. The van der Waals surface area contributed by atoms with E-state index in [1.807, 2.05) is 0 Å². The van der Waals surface area contributed by atoms with Gasteiger partial charge in [0.2, 0.25) is 5.82 Å². The van der Waals surface area contributed by atoms with Crippen molar-refractivity contribution >= 4 is 79.4 Å². The molecule has 0 amide bonds. The molecule has 0 unspecified atom stereocenters. The fourth-order valence-electron chi connectivity index (χ4n) is 2.87. The van der Waals surface area contributed by atoms with Crippen LogP contribution in [0.5, 0.6) is 0 Å². The zero-order chi connectivity index (χ0) is 22.9. The van der Waals surface area contributed by atoms with Gasteiger partial charge in [0.25, 0.3) is 20.2 Å². The molecule has 0 fully saturated rings. The zero-order valence-electron chi connectivity index (χ0n) is 18.1. The van der Waals surface area contributed by atoms with Crippen LogP contribution < -0.4 is 0 Å². The number of pyridine rings is 1. The number of hydrogen-bond acceptors (Lipinski definition) is 8. The van der Waals surface area contributed by atoms with Gasteiger partial charge >= 0.3 is 0 Å². The molecule has 2 aromatic carbocycles. The van der Waals surface area contributed by atoms with Crippen LogP contribution in [-0.2, 0) is 20.2 Å². The molecule has 0 bridgehead atoms. The molecule has 4 aromatic rings. The average Bonchev–Trinajstić information content (AvgIpc) is 2.78. The predicted octanol–water partition coefficient (Wildman–Crippen LogP) is 2.00. The maximum Gasteiger partial charge on any atom is 0.294 e. The first-order valence-corrected chi connectivity index (χ1v) is 11.8. The third kappa shape index (κ3) is 6.76. The van der Waals surface area contributed by atoms with Crippen molar-refractivity contribution in [2.75, 3.05) is 0 Å². The Hall–Kier alpha value is -1.58. The maximum atomic E-state index is 11.2. The van der Waals surface area contributed by atoms with E-state index < -0.39 is 20.2 Å². The van der Waals surface area contributed by atoms with Gasteiger partial charge in [0.05, 0.1) is 21.7 Å². The molecule has 10 nitrogen and oxygen atoms in total. The minimum Gasteiger partial charge on any atom is -0.282 e. The Bertz CT molecular complexity index is 1500. The molecule has 2 N–H and O–H groups in total. The molecule has 0 aliphatic rings.